The first kappa shape index (κ1) is 14.5. The van der Waals surface area contributed by atoms with Gasteiger partial charge in [-0.1, -0.05) is 25.1 Å². The smallest absolute Gasteiger partial charge is 0.223 e. The lowest BCUT2D eigenvalue weighted by Gasteiger charge is -2.07. The molecule has 4 nitrogen and oxygen atoms in total. The normalized spacial score (nSPS) is 10.1. The van der Waals surface area contributed by atoms with Crippen molar-refractivity contribution in [3.05, 3.63) is 30.3 Å². The molecule has 2 N–H and O–H groups in total. The van der Waals surface area contributed by atoms with Gasteiger partial charge in [0.25, 0.3) is 0 Å². The van der Waals surface area contributed by atoms with Crippen molar-refractivity contribution < 1.29 is 9.53 Å². The molecule has 0 saturated heterocycles. The molecule has 0 atom stereocenters. The van der Waals surface area contributed by atoms with E-state index in [-0.39, 0.29) is 5.91 Å². The van der Waals surface area contributed by atoms with Crippen LogP contribution in [0.4, 0.5) is 0 Å². The van der Waals surface area contributed by atoms with Crippen molar-refractivity contribution in [1.29, 1.82) is 0 Å². The molecular formula is C14H22N2O2. The quantitative estimate of drug-likeness (QED) is 0.654. The molecule has 0 aromatic heterocycles. The van der Waals surface area contributed by atoms with Gasteiger partial charge < -0.3 is 15.4 Å². The molecule has 1 amide bonds. The Labute approximate surface area is 109 Å². The Kier molecular flexibility index (Phi) is 7.64. The summed E-state index contributed by atoms with van der Waals surface area (Å²) in [4.78, 5) is 11.4. The van der Waals surface area contributed by atoms with Crippen LogP contribution in [0.2, 0.25) is 0 Å². The zero-order chi connectivity index (χ0) is 13.1. The molecule has 0 aliphatic carbocycles. The van der Waals surface area contributed by atoms with Crippen LogP contribution in [0.25, 0.3) is 0 Å². The molecule has 1 aromatic carbocycles. The fourth-order valence-electron chi connectivity index (χ4n) is 1.46. The maximum absolute atomic E-state index is 11.4. The van der Waals surface area contributed by atoms with Crippen molar-refractivity contribution in [1.82, 2.24) is 10.6 Å². The highest BCUT2D eigenvalue weighted by Gasteiger charge is 2.00. The van der Waals surface area contributed by atoms with E-state index in [1.165, 1.54) is 0 Å². The second-order valence-electron chi connectivity index (χ2n) is 4.01. The zero-order valence-electron chi connectivity index (χ0n) is 10.9. The number of ether oxygens (including phenoxy) is 1. The minimum atomic E-state index is 0.0317. The Morgan fingerprint density at radius 3 is 2.67 bits per heavy atom. The van der Waals surface area contributed by atoms with Crippen molar-refractivity contribution >= 4 is 5.91 Å². The van der Waals surface area contributed by atoms with E-state index in [2.05, 4.69) is 17.6 Å². The molecule has 100 valence electrons. The molecule has 1 rings (SSSR count). The second kappa shape index (κ2) is 9.48. The molecule has 18 heavy (non-hydrogen) atoms. The van der Waals surface area contributed by atoms with Gasteiger partial charge in [-0.2, -0.15) is 0 Å². The maximum Gasteiger partial charge on any atom is 0.223 e. The third-order valence-electron chi connectivity index (χ3n) is 2.39. The second-order valence-corrected chi connectivity index (χ2v) is 4.01. The van der Waals surface area contributed by atoms with Crippen molar-refractivity contribution in [2.24, 2.45) is 0 Å². The Bertz CT molecular complexity index is 328. The summed E-state index contributed by atoms with van der Waals surface area (Å²) in [5.74, 6) is 0.833. The molecule has 0 aliphatic heterocycles. The fourth-order valence-corrected chi connectivity index (χ4v) is 1.46. The van der Waals surface area contributed by atoms with Crippen LogP contribution in [-0.2, 0) is 4.79 Å². The van der Waals surface area contributed by atoms with E-state index < -0.39 is 0 Å². The van der Waals surface area contributed by atoms with E-state index in [9.17, 15) is 4.79 Å². The van der Waals surface area contributed by atoms with Gasteiger partial charge in [0.05, 0.1) is 13.0 Å². The van der Waals surface area contributed by atoms with Crippen molar-refractivity contribution in [3.8, 4) is 5.75 Å². The number of carbonyl (C=O) groups excluding carboxylic acids is 1. The lowest BCUT2D eigenvalue weighted by Crippen LogP contribution is -2.32. The van der Waals surface area contributed by atoms with Crippen LogP contribution in [0.3, 0.4) is 0 Å². The maximum atomic E-state index is 11.4. The van der Waals surface area contributed by atoms with E-state index in [1.807, 2.05) is 30.3 Å². The first-order chi connectivity index (χ1) is 8.83. The Morgan fingerprint density at radius 2 is 1.94 bits per heavy atom. The summed E-state index contributed by atoms with van der Waals surface area (Å²) >= 11 is 0. The number of carbonyl (C=O) groups is 1. The summed E-state index contributed by atoms with van der Waals surface area (Å²) in [7, 11) is 0. The predicted molar refractivity (Wildman–Crippen MR) is 72.7 cm³/mol. The summed E-state index contributed by atoms with van der Waals surface area (Å²) in [5, 5.41) is 6.07. The van der Waals surface area contributed by atoms with E-state index >= 15 is 0 Å². The largest absolute Gasteiger partial charge is 0.493 e. The Morgan fingerprint density at radius 1 is 1.17 bits per heavy atom. The number of amides is 1. The lowest BCUT2D eigenvalue weighted by molar-refractivity contribution is -0.121. The summed E-state index contributed by atoms with van der Waals surface area (Å²) in [5.41, 5.74) is 0. The number of nitrogens with one attached hydrogen (secondary N) is 2. The van der Waals surface area contributed by atoms with Crippen molar-refractivity contribution in [2.45, 2.75) is 19.8 Å². The van der Waals surface area contributed by atoms with E-state index in [0.717, 1.165) is 25.3 Å². The van der Waals surface area contributed by atoms with Gasteiger partial charge in [-0.15, -0.1) is 0 Å². The van der Waals surface area contributed by atoms with E-state index in [1.54, 1.807) is 0 Å². The minimum Gasteiger partial charge on any atom is -0.493 e. The van der Waals surface area contributed by atoms with Gasteiger partial charge in [0, 0.05) is 13.1 Å². The molecule has 0 unspecified atom stereocenters. The van der Waals surface area contributed by atoms with Crippen LogP contribution in [-0.4, -0.2) is 32.1 Å². The molecule has 0 spiro atoms. The van der Waals surface area contributed by atoms with E-state index in [0.29, 0.717) is 19.6 Å². The number of rotatable bonds is 9. The summed E-state index contributed by atoms with van der Waals surface area (Å²) in [6.45, 7) is 5.01. The van der Waals surface area contributed by atoms with Crippen LogP contribution < -0.4 is 15.4 Å². The van der Waals surface area contributed by atoms with Gasteiger partial charge in [-0.3, -0.25) is 4.79 Å². The molecule has 0 saturated carbocycles. The third-order valence-corrected chi connectivity index (χ3v) is 2.39. The van der Waals surface area contributed by atoms with Gasteiger partial charge in [0.2, 0.25) is 5.91 Å². The average molecular weight is 250 g/mol. The first-order valence-corrected chi connectivity index (χ1v) is 6.48. The molecule has 0 radical (unpaired) electrons. The fraction of sp³-hybridized carbons (Fsp3) is 0.500. The number of hydrogen-bond acceptors (Lipinski definition) is 3. The molecule has 0 fully saturated rings. The monoisotopic (exact) mass is 250 g/mol. The predicted octanol–water partition coefficient (Wildman–Crippen LogP) is 1.57. The lowest BCUT2D eigenvalue weighted by atomic mass is 10.3. The highest BCUT2D eigenvalue weighted by molar-refractivity contribution is 5.75. The third kappa shape index (κ3) is 6.91. The van der Waals surface area contributed by atoms with Crippen LogP contribution in [0, 0.1) is 0 Å². The summed E-state index contributed by atoms with van der Waals surface area (Å²) in [6.07, 6.45) is 1.50. The van der Waals surface area contributed by atoms with Crippen LogP contribution in [0.1, 0.15) is 19.8 Å². The minimum absolute atomic E-state index is 0.0317. The van der Waals surface area contributed by atoms with Crippen molar-refractivity contribution in [2.75, 3.05) is 26.2 Å². The molecule has 0 heterocycles. The number of benzene rings is 1. The Balaban J connectivity index is 2.00. The highest BCUT2D eigenvalue weighted by Crippen LogP contribution is 2.08. The van der Waals surface area contributed by atoms with Crippen LogP contribution in [0.5, 0.6) is 5.75 Å². The molecular weight excluding hydrogens is 228 g/mol. The molecule has 0 bridgehead atoms. The van der Waals surface area contributed by atoms with Gasteiger partial charge in [0.1, 0.15) is 5.75 Å². The van der Waals surface area contributed by atoms with E-state index in [4.69, 9.17) is 4.74 Å². The number of para-hydroxylation sites is 1. The van der Waals surface area contributed by atoms with Crippen molar-refractivity contribution in [3.63, 3.8) is 0 Å². The average Bonchev–Trinajstić information content (AvgIpc) is 2.40. The number of hydrogen-bond donors (Lipinski definition) is 2. The van der Waals surface area contributed by atoms with Crippen LogP contribution >= 0.6 is 0 Å². The molecule has 0 aliphatic rings. The first-order valence-electron chi connectivity index (χ1n) is 6.48. The molecule has 4 heteroatoms. The summed E-state index contributed by atoms with van der Waals surface area (Å²) < 4.78 is 5.45. The Hall–Kier alpha value is -1.55. The topological polar surface area (TPSA) is 50.4 Å². The van der Waals surface area contributed by atoms with Crippen LogP contribution in [0.15, 0.2) is 30.3 Å². The van der Waals surface area contributed by atoms with Gasteiger partial charge in [-0.05, 0) is 25.1 Å². The molecule has 1 aromatic rings. The SMILES string of the molecule is CCCNCCNC(=O)CCOc1ccccc1. The van der Waals surface area contributed by atoms with Gasteiger partial charge >= 0.3 is 0 Å². The zero-order valence-corrected chi connectivity index (χ0v) is 10.9. The standard InChI is InChI=1S/C14H22N2O2/c1-2-9-15-10-11-16-14(17)8-12-18-13-6-4-3-5-7-13/h3-7,15H,2,8-12H2,1H3,(H,16,17). The van der Waals surface area contributed by atoms with Gasteiger partial charge in [0.15, 0.2) is 0 Å². The summed E-state index contributed by atoms with van der Waals surface area (Å²) in [6, 6.07) is 9.52. The highest BCUT2D eigenvalue weighted by atomic mass is 16.5. The van der Waals surface area contributed by atoms with Gasteiger partial charge in [-0.25, -0.2) is 0 Å².